The van der Waals surface area contributed by atoms with Crippen molar-refractivity contribution in [1.82, 2.24) is 15.2 Å². The molecule has 16 heavy (non-hydrogen) atoms. The predicted molar refractivity (Wildman–Crippen MR) is 51.2 cm³/mol. The fraction of sp³-hybridized carbons (Fsp3) is 0.111. The summed E-state index contributed by atoms with van der Waals surface area (Å²) < 4.78 is 37.1. The molecule has 0 aliphatic carbocycles. The summed E-state index contributed by atoms with van der Waals surface area (Å²) in [6, 6.07) is 5.05. The van der Waals surface area contributed by atoms with Gasteiger partial charge in [0.25, 0.3) is 0 Å². The molecule has 0 saturated carbocycles. The molecular weight excluding hydrogens is 221 g/mol. The number of nitrogen functional groups attached to an aromatic ring is 1. The monoisotopic (exact) mass is 228 g/mol. The minimum Gasteiger partial charge on any atom is -0.382 e. The van der Waals surface area contributed by atoms with Crippen LogP contribution in [0.3, 0.4) is 0 Å². The number of nitrogens with zero attached hydrogens (tertiary/aromatic N) is 2. The molecule has 2 rings (SSSR count). The molecule has 0 bridgehead atoms. The van der Waals surface area contributed by atoms with Crippen molar-refractivity contribution in [2.24, 2.45) is 0 Å². The molecule has 0 unspecified atom stereocenters. The first-order valence-electron chi connectivity index (χ1n) is 4.32. The number of rotatable bonds is 1. The van der Waals surface area contributed by atoms with Crippen molar-refractivity contribution >= 4 is 5.82 Å². The molecular formula is C9H7F3N4. The number of halogens is 3. The molecule has 0 saturated heterocycles. The Morgan fingerprint density at radius 3 is 2.56 bits per heavy atom. The van der Waals surface area contributed by atoms with Gasteiger partial charge >= 0.3 is 6.18 Å². The van der Waals surface area contributed by atoms with Crippen LogP contribution in [0.15, 0.2) is 24.3 Å². The van der Waals surface area contributed by atoms with Crippen LogP contribution >= 0.6 is 0 Å². The maximum Gasteiger partial charge on any atom is 0.433 e. The Morgan fingerprint density at radius 1 is 1.25 bits per heavy atom. The molecule has 0 radical (unpaired) electrons. The van der Waals surface area contributed by atoms with E-state index in [0.29, 0.717) is 5.69 Å². The molecule has 0 fully saturated rings. The summed E-state index contributed by atoms with van der Waals surface area (Å²) in [7, 11) is 0. The fourth-order valence-electron chi connectivity index (χ4n) is 1.21. The Balaban J connectivity index is 2.44. The van der Waals surface area contributed by atoms with Crippen LogP contribution in [0.4, 0.5) is 19.0 Å². The third-order valence-corrected chi connectivity index (χ3v) is 1.91. The number of nitrogens with one attached hydrogen (secondary N) is 1. The number of pyridine rings is 1. The van der Waals surface area contributed by atoms with E-state index in [-0.39, 0.29) is 11.5 Å². The van der Waals surface area contributed by atoms with Gasteiger partial charge in [0.05, 0.1) is 11.4 Å². The van der Waals surface area contributed by atoms with Crippen LogP contribution in [0, 0.1) is 0 Å². The first-order valence-corrected chi connectivity index (χ1v) is 4.32. The number of hydrogen-bond donors (Lipinski definition) is 2. The zero-order valence-corrected chi connectivity index (χ0v) is 7.92. The van der Waals surface area contributed by atoms with E-state index in [9.17, 15) is 13.2 Å². The summed E-state index contributed by atoms with van der Waals surface area (Å²) in [6.45, 7) is 0. The highest BCUT2D eigenvalue weighted by molar-refractivity contribution is 5.57. The molecule has 2 aromatic heterocycles. The first-order chi connectivity index (χ1) is 7.47. The molecule has 4 nitrogen and oxygen atoms in total. The Kier molecular flexibility index (Phi) is 2.30. The first kappa shape index (κ1) is 10.5. The van der Waals surface area contributed by atoms with Crippen molar-refractivity contribution in [2.45, 2.75) is 6.18 Å². The minimum absolute atomic E-state index is 0.152. The lowest BCUT2D eigenvalue weighted by molar-refractivity contribution is -0.141. The molecule has 0 spiro atoms. The fourth-order valence-corrected chi connectivity index (χ4v) is 1.21. The van der Waals surface area contributed by atoms with E-state index >= 15 is 0 Å². The van der Waals surface area contributed by atoms with Crippen molar-refractivity contribution in [3.05, 3.63) is 30.0 Å². The second-order valence-corrected chi connectivity index (χ2v) is 3.11. The second-order valence-electron chi connectivity index (χ2n) is 3.11. The predicted octanol–water partition coefficient (Wildman–Crippen LogP) is 2.07. The Morgan fingerprint density at radius 2 is 2.00 bits per heavy atom. The highest BCUT2D eigenvalue weighted by atomic mass is 19.4. The second kappa shape index (κ2) is 3.51. The number of nitrogens with two attached hydrogens (primary N) is 1. The molecule has 0 aliphatic heterocycles. The number of aromatic nitrogens is 3. The largest absolute Gasteiger partial charge is 0.433 e. The topological polar surface area (TPSA) is 67.6 Å². The van der Waals surface area contributed by atoms with Crippen LogP contribution < -0.4 is 5.73 Å². The standard InChI is InChI=1S/C9H7F3N4/c10-9(11,12)7-3-1-2-5(14-7)6-4-8(13)16-15-6/h1-4H,(H3,13,15,16). The highest BCUT2D eigenvalue weighted by Crippen LogP contribution is 2.29. The summed E-state index contributed by atoms with van der Waals surface area (Å²) in [5, 5.41) is 6.11. The molecule has 7 heteroatoms. The Labute approximate surface area is 88.3 Å². The molecule has 0 atom stereocenters. The van der Waals surface area contributed by atoms with Gasteiger partial charge in [0, 0.05) is 6.07 Å². The van der Waals surface area contributed by atoms with Gasteiger partial charge in [-0.15, -0.1) is 0 Å². The number of aromatic amines is 1. The van der Waals surface area contributed by atoms with E-state index in [1.54, 1.807) is 0 Å². The molecule has 3 N–H and O–H groups in total. The molecule has 0 aliphatic rings. The van der Waals surface area contributed by atoms with E-state index < -0.39 is 11.9 Å². The van der Waals surface area contributed by atoms with Crippen molar-refractivity contribution in [3.63, 3.8) is 0 Å². The lowest BCUT2D eigenvalue weighted by Gasteiger charge is -2.06. The van der Waals surface area contributed by atoms with Gasteiger partial charge < -0.3 is 5.73 Å². The number of alkyl halides is 3. The quantitative estimate of drug-likeness (QED) is 0.785. The van der Waals surface area contributed by atoms with Crippen molar-refractivity contribution in [2.75, 3.05) is 5.73 Å². The van der Waals surface area contributed by atoms with E-state index in [1.807, 2.05) is 0 Å². The summed E-state index contributed by atoms with van der Waals surface area (Å²) in [5.41, 5.74) is 4.90. The summed E-state index contributed by atoms with van der Waals surface area (Å²) in [5.74, 6) is 0.203. The molecule has 0 aromatic carbocycles. The maximum absolute atomic E-state index is 12.4. The van der Waals surface area contributed by atoms with Gasteiger partial charge in [0.15, 0.2) is 0 Å². The van der Waals surface area contributed by atoms with Crippen molar-refractivity contribution in [1.29, 1.82) is 0 Å². The number of anilines is 1. The Hall–Kier alpha value is -2.05. The summed E-state index contributed by atoms with van der Waals surface area (Å²) in [6.07, 6.45) is -4.46. The molecule has 0 amide bonds. The molecule has 84 valence electrons. The summed E-state index contributed by atoms with van der Waals surface area (Å²) in [4.78, 5) is 3.48. The average Bonchev–Trinajstić information content (AvgIpc) is 2.64. The molecule has 2 aromatic rings. The zero-order valence-electron chi connectivity index (χ0n) is 7.92. The Bertz CT molecular complexity index is 503. The van der Waals surface area contributed by atoms with Gasteiger partial charge in [0.2, 0.25) is 0 Å². The van der Waals surface area contributed by atoms with Crippen LogP contribution in [0.25, 0.3) is 11.4 Å². The zero-order chi connectivity index (χ0) is 11.8. The van der Waals surface area contributed by atoms with E-state index in [2.05, 4.69) is 15.2 Å². The maximum atomic E-state index is 12.4. The van der Waals surface area contributed by atoms with Gasteiger partial charge in [-0.1, -0.05) is 6.07 Å². The highest BCUT2D eigenvalue weighted by Gasteiger charge is 2.32. The van der Waals surface area contributed by atoms with Gasteiger partial charge in [-0.05, 0) is 12.1 Å². The third-order valence-electron chi connectivity index (χ3n) is 1.91. The number of H-pyrrole nitrogens is 1. The van der Waals surface area contributed by atoms with Gasteiger partial charge in [-0.25, -0.2) is 4.98 Å². The third kappa shape index (κ3) is 1.97. The van der Waals surface area contributed by atoms with Crippen LogP contribution in [0.2, 0.25) is 0 Å². The van der Waals surface area contributed by atoms with E-state index in [1.165, 1.54) is 18.2 Å². The van der Waals surface area contributed by atoms with E-state index in [4.69, 9.17) is 5.73 Å². The average molecular weight is 228 g/mol. The normalized spacial score (nSPS) is 11.7. The SMILES string of the molecule is Nc1cc(-c2cccc(C(F)(F)F)n2)[nH]n1. The van der Waals surface area contributed by atoms with Gasteiger partial charge in [0.1, 0.15) is 11.5 Å². The smallest absolute Gasteiger partial charge is 0.382 e. The van der Waals surface area contributed by atoms with Crippen LogP contribution in [0.1, 0.15) is 5.69 Å². The van der Waals surface area contributed by atoms with Crippen LogP contribution in [-0.2, 0) is 6.18 Å². The van der Waals surface area contributed by atoms with E-state index in [0.717, 1.165) is 6.07 Å². The molecule has 2 heterocycles. The van der Waals surface area contributed by atoms with Crippen molar-refractivity contribution in [3.8, 4) is 11.4 Å². The minimum atomic E-state index is -4.46. The van der Waals surface area contributed by atoms with Gasteiger partial charge in [-0.3, -0.25) is 5.10 Å². The number of hydrogen-bond acceptors (Lipinski definition) is 3. The summed E-state index contributed by atoms with van der Waals surface area (Å²) >= 11 is 0. The van der Waals surface area contributed by atoms with Gasteiger partial charge in [-0.2, -0.15) is 18.3 Å². The van der Waals surface area contributed by atoms with Crippen LogP contribution in [-0.4, -0.2) is 15.2 Å². The lowest BCUT2D eigenvalue weighted by Crippen LogP contribution is -2.08. The van der Waals surface area contributed by atoms with Crippen molar-refractivity contribution < 1.29 is 13.2 Å². The lowest BCUT2D eigenvalue weighted by atomic mass is 10.2. The van der Waals surface area contributed by atoms with Crippen LogP contribution in [0.5, 0.6) is 0 Å².